The molecular formula is C15H15Cl2NO2S. The number of ether oxygens (including phenoxy) is 2. The van der Waals surface area contributed by atoms with E-state index in [1.165, 1.54) is 0 Å². The van der Waals surface area contributed by atoms with E-state index in [1.54, 1.807) is 11.3 Å². The molecule has 2 heterocycles. The van der Waals surface area contributed by atoms with Gasteiger partial charge in [0.2, 0.25) is 0 Å². The maximum absolute atomic E-state index is 6.44. The molecule has 0 amide bonds. The monoisotopic (exact) mass is 343 g/mol. The Labute approximate surface area is 137 Å². The summed E-state index contributed by atoms with van der Waals surface area (Å²) in [5, 5.41) is 6.62. The molecule has 1 atom stereocenters. The van der Waals surface area contributed by atoms with Crippen LogP contribution in [0.3, 0.4) is 0 Å². The van der Waals surface area contributed by atoms with Crippen LogP contribution in [0.1, 0.15) is 22.9 Å². The normalized spacial score (nSPS) is 15.6. The highest BCUT2D eigenvalue weighted by Crippen LogP contribution is 2.41. The van der Waals surface area contributed by atoms with Gasteiger partial charge in [0.25, 0.3) is 0 Å². The molecule has 1 aromatic carbocycles. The molecule has 0 radical (unpaired) electrons. The number of nitrogens with one attached hydrogen (secondary N) is 1. The van der Waals surface area contributed by atoms with E-state index in [-0.39, 0.29) is 6.04 Å². The minimum absolute atomic E-state index is 0.0675. The Morgan fingerprint density at radius 2 is 1.86 bits per heavy atom. The van der Waals surface area contributed by atoms with E-state index in [9.17, 15) is 0 Å². The summed E-state index contributed by atoms with van der Waals surface area (Å²) >= 11 is 14.3. The van der Waals surface area contributed by atoms with Gasteiger partial charge in [-0.05, 0) is 30.1 Å². The molecule has 1 N–H and O–H groups in total. The van der Waals surface area contributed by atoms with Crippen molar-refractivity contribution in [1.82, 2.24) is 5.32 Å². The summed E-state index contributed by atoms with van der Waals surface area (Å²) in [6.07, 6.45) is 0.869. The van der Waals surface area contributed by atoms with Crippen LogP contribution in [-0.4, -0.2) is 20.3 Å². The summed E-state index contributed by atoms with van der Waals surface area (Å²) in [6, 6.07) is 5.59. The third-order valence-electron chi connectivity index (χ3n) is 3.37. The highest BCUT2D eigenvalue weighted by atomic mass is 35.5. The molecule has 1 aliphatic rings. The summed E-state index contributed by atoms with van der Waals surface area (Å²) in [5.41, 5.74) is 0.938. The SMILES string of the molecule is CNC(c1cc2c(cc1Cl)OCCCO2)c1sccc1Cl. The first kappa shape index (κ1) is 15.0. The van der Waals surface area contributed by atoms with Crippen LogP contribution >= 0.6 is 34.5 Å². The molecule has 1 unspecified atom stereocenters. The Morgan fingerprint density at radius 3 is 2.48 bits per heavy atom. The second kappa shape index (κ2) is 6.44. The Hall–Kier alpha value is -0.940. The molecule has 0 saturated heterocycles. The summed E-state index contributed by atoms with van der Waals surface area (Å²) in [6.45, 7) is 1.30. The van der Waals surface area contributed by atoms with Crippen LogP contribution in [0.25, 0.3) is 0 Å². The smallest absolute Gasteiger partial charge is 0.162 e. The number of hydrogen-bond donors (Lipinski definition) is 1. The highest BCUT2D eigenvalue weighted by Gasteiger charge is 2.22. The number of rotatable bonds is 3. The van der Waals surface area contributed by atoms with Crippen molar-refractivity contribution < 1.29 is 9.47 Å². The predicted molar refractivity (Wildman–Crippen MR) is 87.3 cm³/mol. The van der Waals surface area contributed by atoms with Crippen LogP contribution in [-0.2, 0) is 0 Å². The largest absolute Gasteiger partial charge is 0.490 e. The van der Waals surface area contributed by atoms with Crippen molar-refractivity contribution in [2.24, 2.45) is 0 Å². The van der Waals surface area contributed by atoms with E-state index in [2.05, 4.69) is 5.32 Å². The first-order valence-corrected chi connectivity index (χ1v) is 8.33. The van der Waals surface area contributed by atoms with Gasteiger partial charge < -0.3 is 14.8 Å². The highest BCUT2D eigenvalue weighted by molar-refractivity contribution is 7.10. The molecular weight excluding hydrogens is 329 g/mol. The van der Waals surface area contributed by atoms with Crippen molar-refractivity contribution in [3.05, 3.63) is 44.1 Å². The van der Waals surface area contributed by atoms with Crippen molar-refractivity contribution in [2.45, 2.75) is 12.5 Å². The predicted octanol–water partition coefficient (Wildman–Crippen LogP) is 4.53. The van der Waals surface area contributed by atoms with Gasteiger partial charge in [-0.15, -0.1) is 11.3 Å². The van der Waals surface area contributed by atoms with Crippen LogP contribution in [0.2, 0.25) is 10.0 Å². The zero-order chi connectivity index (χ0) is 14.8. The Kier molecular flexibility index (Phi) is 4.60. The molecule has 1 aromatic heterocycles. The second-order valence-electron chi connectivity index (χ2n) is 4.73. The van der Waals surface area contributed by atoms with E-state index in [4.69, 9.17) is 32.7 Å². The average molecular weight is 344 g/mol. The van der Waals surface area contributed by atoms with Gasteiger partial charge in [-0.2, -0.15) is 0 Å². The molecule has 0 saturated carbocycles. The Morgan fingerprint density at radius 1 is 1.14 bits per heavy atom. The lowest BCUT2D eigenvalue weighted by Gasteiger charge is -2.19. The average Bonchev–Trinajstić information content (AvgIpc) is 2.76. The van der Waals surface area contributed by atoms with Crippen molar-refractivity contribution in [3.8, 4) is 11.5 Å². The number of benzene rings is 1. The Bertz CT molecular complexity index is 645. The Balaban J connectivity index is 2.04. The van der Waals surface area contributed by atoms with Gasteiger partial charge in [-0.3, -0.25) is 0 Å². The molecule has 3 nitrogen and oxygen atoms in total. The summed E-state index contributed by atoms with van der Waals surface area (Å²) in [4.78, 5) is 1.04. The lowest BCUT2D eigenvalue weighted by molar-refractivity contribution is 0.297. The van der Waals surface area contributed by atoms with Gasteiger partial charge >= 0.3 is 0 Å². The van der Waals surface area contributed by atoms with Crippen LogP contribution in [0.15, 0.2) is 23.6 Å². The van der Waals surface area contributed by atoms with E-state index in [0.29, 0.717) is 24.0 Å². The standard InChI is InChI=1S/C15H15Cl2NO2S/c1-18-14(15-10(16)3-6-21-15)9-7-12-13(8-11(9)17)20-5-2-4-19-12/h3,6-8,14,18H,2,4-5H2,1H3. The van der Waals surface area contributed by atoms with Crippen LogP contribution in [0, 0.1) is 0 Å². The van der Waals surface area contributed by atoms with Crippen molar-refractivity contribution in [1.29, 1.82) is 0 Å². The maximum Gasteiger partial charge on any atom is 0.162 e. The molecule has 0 aliphatic carbocycles. The van der Waals surface area contributed by atoms with Gasteiger partial charge in [0.05, 0.1) is 24.3 Å². The van der Waals surface area contributed by atoms with Crippen LogP contribution in [0.5, 0.6) is 11.5 Å². The molecule has 1 aliphatic heterocycles. The fourth-order valence-corrected chi connectivity index (χ4v) is 3.92. The minimum atomic E-state index is -0.0675. The van der Waals surface area contributed by atoms with Gasteiger partial charge in [0.15, 0.2) is 11.5 Å². The van der Waals surface area contributed by atoms with Crippen LogP contribution < -0.4 is 14.8 Å². The zero-order valence-electron chi connectivity index (χ0n) is 11.5. The topological polar surface area (TPSA) is 30.5 Å². The fourth-order valence-electron chi connectivity index (χ4n) is 2.36. The molecule has 112 valence electrons. The van der Waals surface area contributed by atoms with Crippen molar-refractivity contribution in [3.63, 3.8) is 0 Å². The third-order valence-corrected chi connectivity index (χ3v) is 5.12. The molecule has 0 spiro atoms. The first-order chi connectivity index (χ1) is 10.2. The lowest BCUT2D eigenvalue weighted by atomic mass is 10.0. The van der Waals surface area contributed by atoms with E-state index < -0.39 is 0 Å². The van der Waals surface area contributed by atoms with Gasteiger partial charge in [0, 0.05) is 22.4 Å². The zero-order valence-corrected chi connectivity index (χ0v) is 13.8. The molecule has 0 bridgehead atoms. The summed E-state index contributed by atoms with van der Waals surface area (Å²) in [7, 11) is 1.89. The van der Waals surface area contributed by atoms with Gasteiger partial charge in [0.1, 0.15) is 0 Å². The van der Waals surface area contributed by atoms with Crippen molar-refractivity contribution >= 4 is 34.5 Å². The molecule has 0 fully saturated rings. The molecule has 3 rings (SSSR count). The number of hydrogen-bond acceptors (Lipinski definition) is 4. The minimum Gasteiger partial charge on any atom is -0.490 e. The number of halogens is 2. The summed E-state index contributed by atoms with van der Waals surface area (Å²) in [5.74, 6) is 1.44. The van der Waals surface area contributed by atoms with E-state index in [1.807, 2.05) is 30.6 Å². The van der Waals surface area contributed by atoms with E-state index in [0.717, 1.165) is 27.6 Å². The molecule has 6 heteroatoms. The van der Waals surface area contributed by atoms with Crippen molar-refractivity contribution in [2.75, 3.05) is 20.3 Å². The number of fused-ring (bicyclic) bond motifs is 1. The fraction of sp³-hybridized carbons (Fsp3) is 0.333. The lowest BCUT2D eigenvalue weighted by Crippen LogP contribution is -2.17. The van der Waals surface area contributed by atoms with E-state index >= 15 is 0 Å². The number of thiophene rings is 1. The summed E-state index contributed by atoms with van der Waals surface area (Å²) < 4.78 is 11.4. The third kappa shape index (κ3) is 2.99. The quantitative estimate of drug-likeness (QED) is 0.888. The van der Waals surface area contributed by atoms with Gasteiger partial charge in [-0.25, -0.2) is 0 Å². The maximum atomic E-state index is 6.44. The van der Waals surface area contributed by atoms with Gasteiger partial charge in [-0.1, -0.05) is 23.2 Å². The first-order valence-electron chi connectivity index (χ1n) is 6.70. The second-order valence-corrected chi connectivity index (χ2v) is 6.49. The molecule has 21 heavy (non-hydrogen) atoms. The van der Waals surface area contributed by atoms with Crippen LogP contribution in [0.4, 0.5) is 0 Å². The molecule has 2 aromatic rings.